The van der Waals surface area contributed by atoms with Gasteiger partial charge in [-0.15, -0.1) is 0 Å². The molecule has 3 rings (SSSR count). The molecule has 0 saturated heterocycles. The molecule has 0 bridgehead atoms. The second kappa shape index (κ2) is 5.32. The van der Waals surface area contributed by atoms with Crippen LogP contribution in [-0.4, -0.2) is 15.0 Å². The lowest BCUT2D eigenvalue weighted by Crippen LogP contribution is -1.96. The van der Waals surface area contributed by atoms with Crippen LogP contribution < -0.4 is 5.73 Å². The Hall–Kier alpha value is -2.75. The van der Waals surface area contributed by atoms with Crippen LogP contribution in [0.25, 0.3) is 22.8 Å². The lowest BCUT2D eigenvalue weighted by Gasteiger charge is -2.06. The maximum absolute atomic E-state index is 6.00. The molecule has 4 heteroatoms. The first-order chi connectivity index (χ1) is 10.1. The first-order valence-corrected chi connectivity index (χ1v) is 6.75. The van der Waals surface area contributed by atoms with Gasteiger partial charge < -0.3 is 5.73 Å². The van der Waals surface area contributed by atoms with Crippen LogP contribution in [0.4, 0.5) is 5.69 Å². The number of nitrogens with two attached hydrogens (primary N) is 1. The van der Waals surface area contributed by atoms with E-state index in [9.17, 15) is 0 Å². The first-order valence-electron chi connectivity index (χ1n) is 6.75. The van der Waals surface area contributed by atoms with Crippen molar-refractivity contribution < 1.29 is 0 Å². The van der Waals surface area contributed by atoms with Crippen molar-refractivity contribution in [2.24, 2.45) is 0 Å². The van der Waals surface area contributed by atoms with Crippen LogP contribution in [0.5, 0.6) is 0 Å². The van der Waals surface area contributed by atoms with Crippen molar-refractivity contribution in [3.8, 4) is 22.8 Å². The van der Waals surface area contributed by atoms with Crippen molar-refractivity contribution in [1.29, 1.82) is 0 Å². The summed E-state index contributed by atoms with van der Waals surface area (Å²) in [6.07, 6.45) is 3.65. The highest BCUT2D eigenvalue weighted by Gasteiger charge is 2.07. The predicted molar refractivity (Wildman–Crippen MR) is 84.6 cm³/mol. The number of hydrogen-bond donors (Lipinski definition) is 1. The molecule has 0 atom stereocenters. The van der Waals surface area contributed by atoms with E-state index in [1.54, 1.807) is 0 Å². The summed E-state index contributed by atoms with van der Waals surface area (Å²) in [7, 11) is 0. The van der Waals surface area contributed by atoms with Crippen LogP contribution >= 0.6 is 0 Å². The van der Waals surface area contributed by atoms with E-state index in [0.717, 1.165) is 33.9 Å². The Morgan fingerprint density at radius 2 is 1.19 bits per heavy atom. The molecule has 21 heavy (non-hydrogen) atoms. The normalized spacial score (nSPS) is 10.6. The zero-order valence-electron chi connectivity index (χ0n) is 12.0. The van der Waals surface area contributed by atoms with E-state index in [2.05, 4.69) is 15.0 Å². The summed E-state index contributed by atoms with van der Waals surface area (Å²) in [5, 5.41) is 0. The summed E-state index contributed by atoms with van der Waals surface area (Å²) in [5.74, 6) is 0. The summed E-state index contributed by atoms with van der Waals surface area (Å²) < 4.78 is 0. The number of aromatic nitrogens is 3. The van der Waals surface area contributed by atoms with Gasteiger partial charge >= 0.3 is 0 Å². The molecule has 0 saturated carbocycles. The van der Waals surface area contributed by atoms with E-state index in [1.165, 1.54) is 0 Å². The quantitative estimate of drug-likeness (QED) is 0.779. The molecule has 104 valence electrons. The lowest BCUT2D eigenvalue weighted by molar-refractivity contribution is 1.20. The van der Waals surface area contributed by atoms with Crippen LogP contribution in [-0.2, 0) is 0 Å². The van der Waals surface area contributed by atoms with Gasteiger partial charge in [-0.05, 0) is 49.2 Å². The van der Waals surface area contributed by atoms with Crippen LogP contribution in [0.2, 0.25) is 0 Å². The van der Waals surface area contributed by atoms with Gasteiger partial charge in [0.05, 0.1) is 22.8 Å². The maximum atomic E-state index is 6.00. The van der Waals surface area contributed by atoms with Crippen molar-refractivity contribution in [1.82, 2.24) is 15.0 Å². The Morgan fingerprint density at radius 1 is 0.714 bits per heavy atom. The number of hydrogen-bond acceptors (Lipinski definition) is 4. The largest absolute Gasteiger partial charge is 0.399 e. The van der Waals surface area contributed by atoms with Gasteiger partial charge in [0, 0.05) is 18.1 Å². The fourth-order valence-corrected chi connectivity index (χ4v) is 2.05. The summed E-state index contributed by atoms with van der Waals surface area (Å²) in [5.41, 5.74) is 12.0. The minimum absolute atomic E-state index is 0.653. The molecule has 0 aliphatic rings. The van der Waals surface area contributed by atoms with Gasteiger partial charge in [0.2, 0.25) is 0 Å². The average Bonchev–Trinajstić information content (AvgIpc) is 2.48. The average molecular weight is 276 g/mol. The van der Waals surface area contributed by atoms with Crippen molar-refractivity contribution in [3.63, 3.8) is 0 Å². The zero-order valence-corrected chi connectivity index (χ0v) is 12.0. The number of aryl methyl sites for hydroxylation is 2. The van der Waals surface area contributed by atoms with Crippen LogP contribution in [0.1, 0.15) is 11.1 Å². The van der Waals surface area contributed by atoms with Crippen molar-refractivity contribution in [2.45, 2.75) is 13.8 Å². The minimum atomic E-state index is 0.653. The summed E-state index contributed by atoms with van der Waals surface area (Å²) in [6.45, 7) is 4.01. The molecule has 4 nitrogen and oxygen atoms in total. The smallest absolute Gasteiger partial charge is 0.0914 e. The number of nitrogen functional groups attached to an aromatic ring is 1. The molecule has 0 aliphatic carbocycles. The Bertz CT molecular complexity index is 698. The van der Waals surface area contributed by atoms with Gasteiger partial charge in [-0.1, -0.05) is 12.1 Å². The highest BCUT2D eigenvalue weighted by atomic mass is 14.8. The third-order valence-electron chi connectivity index (χ3n) is 3.20. The van der Waals surface area contributed by atoms with Crippen LogP contribution in [0.3, 0.4) is 0 Å². The van der Waals surface area contributed by atoms with E-state index in [1.807, 2.05) is 62.6 Å². The molecule has 3 heterocycles. The summed E-state index contributed by atoms with van der Waals surface area (Å²) in [6, 6.07) is 11.6. The zero-order chi connectivity index (χ0) is 14.8. The van der Waals surface area contributed by atoms with Gasteiger partial charge in [-0.3, -0.25) is 9.97 Å². The topological polar surface area (TPSA) is 64.7 Å². The predicted octanol–water partition coefficient (Wildman–Crippen LogP) is 3.40. The third kappa shape index (κ3) is 2.89. The molecule has 0 spiro atoms. The molecule has 2 N–H and O–H groups in total. The highest BCUT2D eigenvalue weighted by Crippen LogP contribution is 2.23. The molecule has 0 amide bonds. The number of rotatable bonds is 2. The van der Waals surface area contributed by atoms with Crippen molar-refractivity contribution in [3.05, 3.63) is 59.9 Å². The number of anilines is 1. The molecule has 0 unspecified atom stereocenters. The summed E-state index contributed by atoms with van der Waals surface area (Å²) >= 11 is 0. The van der Waals surface area contributed by atoms with Crippen LogP contribution in [0.15, 0.2) is 48.8 Å². The highest BCUT2D eigenvalue weighted by molar-refractivity contribution is 5.67. The van der Waals surface area contributed by atoms with E-state index in [0.29, 0.717) is 5.69 Å². The molecule has 3 aromatic rings. The lowest BCUT2D eigenvalue weighted by atomic mass is 10.1. The Balaban J connectivity index is 2.07. The number of nitrogens with zero attached hydrogens (tertiary/aromatic N) is 3. The second-order valence-corrected chi connectivity index (χ2v) is 5.11. The summed E-state index contributed by atoms with van der Waals surface area (Å²) in [4.78, 5) is 13.4. The monoisotopic (exact) mass is 276 g/mol. The van der Waals surface area contributed by atoms with E-state index in [-0.39, 0.29) is 0 Å². The SMILES string of the molecule is Cc1ccc(-c2cc(N)cc(-c3ccc(C)cn3)n2)nc1. The van der Waals surface area contributed by atoms with Gasteiger partial charge in [-0.2, -0.15) is 0 Å². The third-order valence-corrected chi connectivity index (χ3v) is 3.20. The molecule has 3 aromatic heterocycles. The molecular formula is C17H16N4. The molecular weight excluding hydrogens is 260 g/mol. The van der Waals surface area contributed by atoms with Gasteiger partial charge in [0.15, 0.2) is 0 Å². The van der Waals surface area contributed by atoms with Crippen molar-refractivity contribution >= 4 is 5.69 Å². The minimum Gasteiger partial charge on any atom is -0.399 e. The van der Waals surface area contributed by atoms with Crippen LogP contribution in [0, 0.1) is 13.8 Å². The Labute approximate surface area is 123 Å². The maximum Gasteiger partial charge on any atom is 0.0914 e. The van der Waals surface area contributed by atoms with Gasteiger partial charge in [-0.25, -0.2) is 4.98 Å². The van der Waals surface area contributed by atoms with E-state index in [4.69, 9.17) is 5.73 Å². The van der Waals surface area contributed by atoms with Gasteiger partial charge in [0.25, 0.3) is 0 Å². The molecule has 0 aromatic carbocycles. The standard InChI is InChI=1S/C17H16N4/c1-11-3-5-14(19-9-11)16-7-13(18)8-17(21-16)15-6-4-12(2)10-20-15/h3-10H,1-2H3,(H2,18,21). The van der Waals surface area contributed by atoms with Gasteiger partial charge in [0.1, 0.15) is 0 Å². The second-order valence-electron chi connectivity index (χ2n) is 5.11. The fourth-order valence-electron chi connectivity index (χ4n) is 2.05. The fraction of sp³-hybridized carbons (Fsp3) is 0.118. The number of pyridine rings is 3. The molecule has 0 radical (unpaired) electrons. The first kappa shape index (κ1) is 13.2. The van der Waals surface area contributed by atoms with Crippen molar-refractivity contribution in [2.75, 3.05) is 5.73 Å². The van der Waals surface area contributed by atoms with E-state index >= 15 is 0 Å². The molecule has 0 aliphatic heterocycles. The Kier molecular flexibility index (Phi) is 3.36. The van der Waals surface area contributed by atoms with E-state index < -0.39 is 0 Å². The Morgan fingerprint density at radius 3 is 1.57 bits per heavy atom. The molecule has 0 fully saturated rings.